The van der Waals surface area contributed by atoms with Crippen LogP contribution >= 0.6 is 34.9 Å². The molecule has 0 aliphatic carbocycles. The molecule has 0 saturated carbocycles. The zero-order valence-electron chi connectivity index (χ0n) is 24.1. The molecule has 236 valence electrons. The topological polar surface area (TPSA) is 231 Å². The molecular weight excluding hydrogens is 641 g/mol. The van der Waals surface area contributed by atoms with Crippen LogP contribution in [0, 0.1) is 5.41 Å². The number of thiazole rings is 1. The average Bonchev–Trinajstić information content (AvgIpc) is 3.56. The van der Waals surface area contributed by atoms with Crippen LogP contribution in [0.2, 0.25) is 0 Å². The number of thioether (sulfide) groups is 2. The maximum absolute atomic E-state index is 13.1. The van der Waals surface area contributed by atoms with Crippen molar-refractivity contribution >= 4 is 75.4 Å². The highest BCUT2D eigenvalue weighted by Gasteiger charge is 2.54. The molecule has 4 N–H and O–H groups in total. The van der Waals surface area contributed by atoms with Crippen molar-refractivity contribution in [1.82, 2.24) is 30.0 Å². The second-order valence-electron chi connectivity index (χ2n) is 10.2. The number of carboxylic acids is 1. The van der Waals surface area contributed by atoms with Crippen molar-refractivity contribution in [2.75, 3.05) is 31.1 Å². The van der Waals surface area contributed by atoms with E-state index in [2.05, 4.69) is 25.5 Å². The minimum atomic E-state index is -1.31. The zero-order valence-corrected chi connectivity index (χ0v) is 26.5. The molecule has 44 heavy (non-hydrogen) atoms. The number of amides is 2. The number of esters is 2. The molecule has 0 spiro atoms. The molecule has 1 fully saturated rings. The van der Waals surface area contributed by atoms with Gasteiger partial charge in [0.05, 0.1) is 5.41 Å². The standard InChI is InChI=1S/C24H28N8O9S3/c1-24(2,3)21(38)41-9-40-20(37)15-28-23(31(4)29-15)44-7-10-6-42-18-13(17(34)32(18)14(10)19(35)36)27-16(33)12(30-39-5)11-8-43-22(25)26-11/h8,13,18H,6-7,9H2,1-5H3,(H2,25,26)(H,27,33)(H,35,36)/b30-12-/t13-,18-/m1/s1. The Bertz CT molecular complexity index is 1560. The number of nitrogen functional groups attached to an aromatic ring is 1. The van der Waals surface area contributed by atoms with Gasteiger partial charge in [-0.05, 0) is 26.3 Å². The highest BCUT2D eigenvalue weighted by atomic mass is 32.2. The monoisotopic (exact) mass is 668 g/mol. The van der Waals surface area contributed by atoms with Crippen LogP contribution in [0.25, 0.3) is 0 Å². The van der Waals surface area contributed by atoms with Crippen LogP contribution in [0.4, 0.5) is 5.13 Å². The molecule has 2 aliphatic rings. The SMILES string of the molecule is CO/N=C(\C(=O)N[C@@H]1C(=O)N2C(C(=O)O)=C(CSc3nc(C(=O)OCOC(=O)C(C)(C)C)nn3C)CS[C@H]12)c1csc(N)n1. The lowest BCUT2D eigenvalue weighted by Gasteiger charge is -2.49. The molecule has 2 aromatic heterocycles. The highest BCUT2D eigenvalue weighted by molar-refractivity contribution is 8.01. The van der Waals surface area contributed by atoms with Crippen molar-refractivity contribution in [2.45, 2.75) is 37.3 Å². The average molecular weight is 669 g/mol. The first-order chi connectivity index (χ1) is 20.7. The minimum Gasteiger partial charge on any atom is -0.477 e. The fraction of sp³-hybridized carbons (Fsp3) is 0.458. The highest BCUT2D eigenvalue weighted by Crippen LogP contribution is 2.41. The summed E-state index contributed by atoms with van der Waals surface area (Å²) in [5.41, 5.74) is 5.10. The molecule has 4 heterocycles. The predicted octanol–water partition coefficient (Wildman–Crippen LogP) is 0.439. The molecule has 2 amide bonds. The smallest absolute Gasteiger partial charge is 0.381 e. The van der Waals surface area contributed by atoms with Crippen LogP contribution in [0.3, 0.4) is 0 Å². The third-order valence-electron chi connectivity index (χ3n) is 5.97. The van der Waals surface area contributed by atoms with Gasteiger partial charge in [0.2, 0.25) is 6.79 Å². The third-order valence-corrected chi connectivity index (χ3v) is 9.09. The van der Waals surface area contributed by atoms with Gasteiger partial charge in [0, 0.05) is 23.9 Å². The Labute approximate surface area is 262 Å². The van der Waals surface area contributed by atoms with Crippen molar-refractivity contribution in [3.8, 4) is 0 Å². The summed E-state index contributed by atoms with van der Waals surface area (Å²) in [5.74, 6) is -4.04. The quantitative estimate of drug-likeness (QED) is 0.0736. The molecule has 0 radical (unpaired) electrons. The van der Waals surface area contributed by atoms with Crippen LogP contribution in [0.1, 0.15) is 37.1 Å². The largest absolute Gasteiger partial charge is 0.477 e. The van der Waals surface area contributed by atoms with Gasteiger partial charge in [0.1, 0.15) is 29.9 Å². The number of hydrogen-bond acceptors (Lipinski definition) is 16. The number of carbonyl (C=O) groups excluding carboxylic acids is 4. The first kappa shape index (κ1) is 32.7. The summed E-state index contributed by atoms with van der Waals surface area (Å²) in [5, 5.41) is 21.6. The summed E-state index contributed by atoms with van der Waals surface area (Å²) in [7, 11) is 2.79. The summed E-state index contributed by atoms with van der Waals surface area (Å²) in [6.07, 6.45) is 0. The Balaban J connectivity index is 1.40. The number of fused-ring (bicyclic) bond motifs is 1. The maximum atomic E-state index is 13.1. The van der Waals surface area contributed by atoms with Gasteiger partial charge < -0.3 is 30.5 Å². The molecule has 0 bridgehead atoms. The lowest BCUT2D eigenvalue weighted by molar-refractivity contribution is -0.161. The Morgan fingerprint density at radius 3 is 2.59 bits per heavy atom. The first-order valence-electron chi connectivity index (χ1n) is 12.6. The second-order valence-corrected chi connectivity index (χ2v) is 13.1. The van der Waals surface area contributed by atoms with E-state index in [-0.39, 0.29) is 44.7 Å². The molecule has 20 heteroatoms. The fourth-order valence-corrected chi connectivity index (χ4v) is 6.79. The number of anilines is 1. The number of aryl methyl sites for hydroxylation is 1. The lowest BCUT2D eigenvalue weighted by Crippen LogP contribution is -2.71. The molecule has 2 atom stereocenters. The van der Waals surface area contributed by atoms with Gasteiger partial charge in [-0.25, -0.2) is 19.3 Å². The number of ether oxygens (including phenoxy) is 2. The number of carboxylic acid groups (broad SMARTS) is 1. The molecule has 1 saturated heterocycles. The number of hydrogen-bond donors (Lipinski definition) is 3. The maximum Gasteiger partial charge on any atom is 0.381 e. The van der Waals surface area contributed by atoms with Gasteiger partial charge in [0.15, 0.2) is 16.0 Å². The fourth-order valence-electron chi connectivity index (χ4n) is 3.85. The molecule has 0 unspecified atom stereocenters. The van der Waals surface area contributed by atoms with Crippen molar-refractivity contribution < 1.29 is 43.4 Å². The summed E-state index contributed by atoms with van der Waals surface area (Å²) < 4.78 is 11.2. The van der Waals surface area contributed by atoms with Crippen molar-refractivity contribution in [3.05, 3.63) is 28.2 Å². The van der Waals surface area contributed by atoms with E-state index in [1.165, 1.54) is 36.0 Å². The van der Waals surface area contributed by atoms with Gasteiger partial charge in [-0.3, -0.25) is 19.3 Å². The molecule has 4 rings (SSSR count). The minimum absolute atomic E-state index is 0.113. The van der Waals surface area contributed by atoms with Crippen LogP contribution in [0.5, 0.6) is 0 Å². The third kappa shape index (κ3) is 6.97. The first-order valence-corrected chi connectivity index (χ1v) is 15.6. The Morgan fingerprint density at radius 2 is 1.98 bits per heavy atom. The number of nitrogens with zero attached hydrogens (tertiary/aromatic N) is 6. The lowest BCUT2D eigenvalue weighted by atomic mass is 9.98. The van der Waals surface area contributed by atoms with Gasteiger partial charge in [-0.15, -0.1) is 28.2 Å². The molecular formula is C24H28N8O9S3. The van der Waals surface area contributed by atoms with E-state index in [1.807, 2.05) is 0 Å². The molecule has 0 aromatic carbocycles. The zero-order chi connectivity index (χ0) is 32.3. The number of aromatic nitrogens is 4. The van der Waals surface area contributed by atoms with Crippen LogP contribution in [-0.2, 0) is 40.5 Å². The summed E-state index contributed by atoms with van der Waals surface area (Å²) in [6.45, 7) is 4.36. The normalized spacial score (nSPS) is 18.3. The van der Waals surface area contributed by atoms with Gasteiger partial charge >= 0.3 is 17.9 Å². The van der Waals surface area contributed by atoms with Crippen LogP contribution in [0.15, 0.2) is 27.0 Å². The molecule has 2 aromatic rings. The van der Waals surface area contributed by atoms with E-state index >= 15 is 0 Å². The van der Waals surface area contributed by atoms with Crippen molar-refractivity contribution in [1.29, 1.82) is 0 Å². The van der Waals surface area contributed by atoms with Crippen molar-refractivity contribution in [2.24, 2.45) is 17.6 Å². The number of nitrogens with two attached hydrogens (primary N) is 1. The van der Waals surface area contributed by atoms with E-state index in [0.717, 1.165) is 28.0 Å². The van der Waals surface area contributed by atoms with Crippen LogP contribution < -0.4 is 11.1 Å². The molecule has 2 aliphatic heterocycles. The molecule has 17 nitrogen and oxygen atoms in total. The van der Waals surface area contributed by atoms with Gasteiger partial charge in [0.25, 0.3) is 17.6 Å². The van der Waals surface area contributed by atoms with Crippen molar-refractivity contribution in [3.63, 3.8) is 0 Å². The number of nitrogens with one attached hydrogen (secondary N) is 1. The van der Waals surface area contributed by atoms with E-state index in [4.69, 9.17) is 20.0 Å². The second kappa shape index (κ2) is 13.2. The predicted molar refractivity (Wildman–Crippen MR) is 157 cm³/mol. The number of β-lactam (4-membered cyclic amide) rings is 1. The van der Waals surface area contributed by atoms with Gasteiger partial charge in [-0.2, -0.15) is 4.98 Å². The van der Waals surface area contributed by atoms with Crippen LogP contribution in [-0.4, -0.2) is 102 Å². The number of oxime groups is 1. The van der Waals surface area contributed by atoms with E-state index in [1.54, 1.807) is 20.8 Å². The summed E-state index contributed by atoms with van der Waals surface area (Å²) in [4.78, 5) is 76.5. The Morgan fingerprint density at radius 1 is 1.25 bits per heavy atom. The summed E-state index contributed by atoms with van der Waals surface area (Å²) >= 11 is 3.48. The number of carbonyl (C=O) groups is 5. The van der Waals surface area contributed by atoms with E-state index < -0.39 is 53.3 Å². The number of aliphatic carboxylic acids is 1. The van der Waals surface area contributed by atoms with E-state index in [0.29, 0.717) is 5.57 Å². The number of rotatable bonds is 11. The summed E-state index contributed by atoms with van der Waals surface area (Å²) in [6, 6.07) is -1.01. The Kier molecular flexibility index (Phi) is 9.84. The van der Waals surface area contributed by atoms with Gasteiger partial charge in [-0.1, -0.05) is 16.9 Å². The van der Waals surface area contributed by atoms with E-state index in [9.17, 15) is 29.1 Å². The Hall–Kier alpha value is -4.17.